The smallest absolute Gasteiger partial charge is 0.178 e. The molecule has 2 fully saturated rings. The Morgan fingerprint density at radius 1 is 0.740 bits per heavy atom. The van der Waals surface area contributed by atoms with Gasteiger partial charge in [0, 0.05) is 46.3 Å². The normalized spacial score (nSPS) is 22.4. The van der Waals surface area contributed by atoms with Crippen molar-refractivity contribution in [3.05, 3.63) is 136 Å². The van der Waals surface area contributed by atoms with E-state index in [1.54, 1.807) is 7.11 Å². The van der Waals surface area contributed by atoms with Gasteiger partial charge >= 0.3 is 0 Å². The van der Waals surface area contributed by atoms with E-state index in [0.717, 1.165) is 55.4 Å². The second-order valence-electron chi connectivity index (χ2n) is 14.8. The predicted molar refractivity (Wildman–Crippen MR) is 205 cm³/mol. The van der Waals surface area contributed by atoms with Gasteiger partial charge in [-0.3, -0.25) is 0 Å². The molecule has 1 atom stereocenters. The first-order valence-corrected chi connectivity index (χ1v) is 18.8. The van der Waals surface area contributed by atoms with Gasteiger partial charge in [0.05, 0.1) is 20.3 Å². The van der Waals surface area contributed by atoms with Gasteiger partial charge in [-0.05, 0) is 90.3 Å². The van der Waals surface area contributed by atoms with E-state index in [9.17, 15) is 0 Å². The van der Waals surface area contributed by atoms with Crippen LogP contribution >= 0.6 is 0 Å². The summed E-state index contributed by atoms with van der Waals surface area (Å²) in [5.74, 6) is 1.84. The van der Waals surface area contributed by atoms with E-state index in [-0.39, 0.29) is 5.41 Å². The van der Waals surface area contributed by atoms with E-state index in [2.05, 4.69) is 115 Å². The minimum atomic E-state index is -0.815. The topological polar surface area (TPSA) is 30.9 Å². The van der Waals surface area contributed by atoms with Gasteiger partial charge in [-0.25, -0.2) is 0 Å². The molecule has 4 heteroatoms. The van der Waals surface area contributed by atoms with Gasteiger partial charge in [-0.15, -0.1) is 0 Å². The number of aryl methyl sites for hydroxylation is 1. The van der Waals surface area contributed by atoms with Gasteiger partial charge in [0.25, 0.3) is 0 Å². The molecule has 1 saturated heterocycles. The van der Waals surface area contributed by atoms with E-state index >= 15 is 0 Å². The van der Waals surface area contributed by atoms with Gasteiger partial charge in [-0.2, -0.15) is 0 Å². The molecule has 5 aliphatic rings. The number of allylic oxidation sites excluding steroid dienone is 6. The highest BCUT2D eigenvalue weighted by Crippen LogP contribution is 2.61. The fourth-order valence-corrected chi connectivity index (χ4v) is 9.52. The summed E-state index contributed by atoms with van der Waals surface area (Å²) in [7, 11) is 1.72. The molecule has 1 saturated carbocycles. The van der Waals surface area contributed by atoms with Crippen LogP contribution in [0.25, 0.3) is 22.4 Å². The van der Waals surface area contributed by atoms with E-state index < -0.39 is 5.60 Å². The molecule has 4 aromatic carbocycles. The van der Waals surface area contributed by atoms with Crippen LogP contribution in [0.5, 0.6) is 11.5 Å². The number of hydrogen-bond acceptors (Lipinski definition) is 4. The zero-order valence-corrected chi connectivity index (χ0v) is 29.5. The van der Waals surface area contributed by atoms with Crippen LogP contribution < -0.4 is 14.4 Å². The number of fused-ring (bicyclic) bond motifs is 9. The van der Waals surface area contributed by atoms with Crippen LogP contribution in [-0.2, 0) is 15.8 Å². The second kappa shape index (κ2) is 12.7. The lowest BCUT2D eigenvalue weighted by atomic mass is 9.66. The zero-order valence-electron chi connectivity index (χ0n) is 29.5. The van der Waals surface area contributed by atoms with Crippen molar-refractivity contribution in [1.82, 2.24) is 0 Å². The first kappa shape index (κ1) is 31.4. The van der Waals surface area contributed by atoms with Gasteiger partial charge < -0.3 is 19.1 Å². The van der Waals surface area contributed by atoms with E-state index in [0.29, 0.717) is 0 Å². The summed E-state index contributed by atoms with van der Waals surface area (Å²) in [4.78, 5) is 2.41. The number of hydrogen-bond donors (Lipinski definition) is 0. The molecule has 0 N–H and O–H groups in total. The van der Waals surface area contributed by atoms with Crippen LogP contribution in [0.4, 0.5) is 5.69 Å². The monoisotopic (exact) mass is 661 g/mol. The molecule has 0 aromatic heterocycles. The molecule has 254 valence electrons. The molecule has 2 heterocycles. The second-order valence-corrected chi connectivity index (χ2v) is 14.8. The van der Waals surface area contributed by atoms with Crippen molar-refractivity contribution in [1.29, 1.82) is 0 Å². The molecule has 1 spiro atoms. The summed E-state index contributed by atoms with van der Waals surface area (Å²) >= 11 is 0. The zero-order chi connectivity index (χ0) is 33.7. The Balaban J connectivity index is 1.28. The predicted octanol–water partition coefficient (Wildman–Crippen LogP) is 10.6. The molecule has 0 amide bonds. The van der Waals surface area contributed by atoms with Crippen LogP contribution in [0.3, 0.4) is 0 Å². The van der Waals surface area contributed by atoms with E-state index in [1.807, 2.05) is 0 Å². The first-order chi connectivity index (χ1) is 24.6. The maximum atomic E-state index is 7.70. The standard InChI is InChI=1S/C46H47NO3/c1-32-13-22-37-40(31-32)44-39(43-42(37)38-11-7-6-8-12-41(38)45(43)24-9-4-3-5-10-25-45)23-26-46(50-44,34-16-20-36(48-2)21-17-34)33-14-18-35(19-15-33)47-27-29-49-30-28-47/h7-8,11-23,26,31H,3-6,9-10,24-25,27-30H2,1-2H3. The Hall–Kier alpha value is -4.54. The number of benzene rings is 4. The number of anilines is 1. The third kappa shape index (κ3) is 4.98. The van der Waals surface area contributed by atoms with Crippen molar-refractivity contribution in [3.63, 3.8) is 0 Å². The minimum Gasteiger partial charge on any atom is -0.497 e. The molecule has 4 nitrogen and oxygen atoms in total. The molecular weight excluding hydrogens is 615 g/mol. The number of morpholine rings is 1. The molecular formula is C46H47NO3. The SMILES string of the molecule is COc1ccc(C2(c3ccc(N4CCOCC4)cc3)C=Cc3c4c(c5ccc(C)cc5c3O2)C2=C(C=CCC=C2)C42CCCCCCC2)cc1. The van der Waals surface area contributed by atoms with Crippen molar-refractivity contribution in [3.8, 4) is 11.5 Å². The van der Waals surface area contributed by atoms with Crippen molar-refractivity contribution >= 4 is 28.1 Å². The van der Waals surface area contributed by atoms with Gasteiger partial charge in [0.15, 0.2) is 5.60 Å². The lowest BCUT2D eigenvalue weighted by Crippen LogP contribution is -2.37. The highest BCUT2D eigenvalue weighted by Gasteiger charge is 2.48. The largest absolute Gasteiger partial charge is 0.497 e. The Bertz CT molecular complexity index is 2050. The average molecular weight is 662 g/mol. The van der Waals surface area contributed by atoms with E-state index in [4.69, 9.17) is 14.2 Å². The number of ether oxygens (including phenoxy) is 3. The fourth-order valence-electron chi connectivity index (χ4n) is 9.52. The highest BCUT2D eigenvalue weighted by molar-refractivity contribution is 6.08. The summed E-state index contributed by atoms with van der Waals surface area (Å²) in [5.41, 5.74) is 11.0. The van der Waals surface area contributed by atoms with Crippen LogP contribution in [-0.4, -0.2) is 33.4 Å². The van der Waals surface area contributed by atoms with Crippen LogP contribution in [0, 0.1) is 6.92 Å². The highest BCUT2D eigenvalue weighted by atomic mass is 16.5. The van der Waals surface area contributed by atoms with Gasteiger partial charge in [0.2, 0.25) is 0 Å². The summed E-state index contributed by atoms with van der Waals surface area (Å²) in [6, 6.07) is 24.5. The molecule has 9 rings (SSSR count). The minimum absolute atomic E-state index is 0.0208. The number of rotatable bonds is 4. The van der Waals surface area contributed by atoms with Crippen molar-refractivity contribution in [2.24, 2.45) is 0 Å². The molecule has 4 aromatic rings. The van der Waals surface area contributed by atoms with Crippen LogP contribution in [0.1, 0.15) is 84.7 Å². The van der Waals surface area contributed by atoms with Crippen LogP contribution in [0.15, 0.2) is 103 Å². The summed E-state index contributed by atoms with van der Waals surface area (Å²) in [5, 5.41) is 2.50. The van der Waals surface area contributed by atoms with Crippen molar-refractivity contribution in [2.75, 3.05) is 38.3 Å². The fraction of sp³-hybridized carbons (Fsp3) is 0.348. The Kier molecular flexibility index (Phi) is 7.96. The Morgan fingerprint density at radius 3 is 2.18 bits per heavy atom. The van der Waals surface area contributed by atoms with Crippen LogP contribution in [0.2, 0.25) is 0 Å². The third-order valence-electron chi connectivity index (χ3n) is 12.0. The van der Waals surface area contributed by atoms with E-state index in [1.165, 1.54) is 94.8 Å². The lowest BCUT2D eigenvalue weighted by Gasteiger charge is -2.41. The maximum absolute atomic E-state index is 7.70. The van der Waals surface area contributed by atoms with Crippen molar-refractivity contribution in [2.45, 2.75) is 69.3 Å². The van der Waals surface area contributed by atoms with Gasteiger partial charge in [0.1, 0.15) is 11.5 Å². The molecule has 2 aliphatic heterocycles. The molecule has 0 radical (unpaired) electrons. The summed E-state index contributed by atoms with van der Waals surface area (Å²) in [6.07, 6.45) is 24.2. The molecule has 50 heavy (non-hydrogen) atoms. The summed E-state index contributed by atoms with van der Waals surface area (Å²) < 4.78 is 18.9. The molecule has 0 bridgehead atoms. The first-order valence-electron chi connectivity index (χ1n) is 18.8. The molecule has 1 unspecified atom stereocenters. The average Bonchev–Trinajstić information content (AvgIpc) is 3.25. The Morgan fingerprint density at radius 2 is 1.44 bits per heavy atom. The van der Waals surface area contributed by atoms with Crippen molar-refractivity contribution < 1.29 is 14.2 Å². The molecule has 3 aliphatic carbocycles. The number of methoxy groups -OCH3 is 1. The quantitative estimate of drug-likeness (QED) is 0.218. The van der Waals surface area contributed by atoms with Gasteiger partial charge in [-0.1, -0.05) is 104 Å². The maximum Gasteiger partial charge on any atom is 0.178 e. The Labute approximate surface area is 296 Å². The summed E-state index contributed by atoms with van der Waals surface area (Å²) in [6.45, 7) is 5.56. The number of nitrogens with zero attached hydrogens (tertiary/aromatic N) is 1. The lowest BCUT2D eigenvalue weighted by molar-refractivity contribution is 0.122. The third-order valence-corrected chi connectivity index (χ3v) is 12.0.